The Balaban J connectivity index is 1.78. The van der Waals surface area contributed by atoms with E-state index in [1.54, 1.807) is 36.9 Å². The Bertz CT molecular complexity index is 993. The number of carbonyl (C=O) groups excluding carboxylic acids is 1. The van der Waals surface area contributed by atoms with E-state index < -0.39 is 0 Å². The molecule has 0 saturated carbocycles. The second-order valence-electron chi connectivity index (χ2n) is 5.85. The summed E-state index contributed by atoms with van der Waals surface area (Å²) in [5, 5.41) is 6.27. The molecule has 0 unspecified atom stereocenters. The molecular weight excluding hydrogens is 352 g/mol. The second-order valence-corrected chi connectivity index (χ2v) is 6.29. The predicted octanol–water partition coefficient (Wildman–Crippen LogP) is 3.19. The van der Waals surface area contributed by atoms with E-state index in [9.17, 15) is 9.59 Å². The molecule has 7 heteroatoms. The monoisotopic (exact) mass is 370 g/mol. The van der Waals surface area contributed by atoms with Crippen molar-refractivity contribution >= 4 is 28.9 Å². The third-order valence-corrected chi connectivity index (χ3v) is 4.33. The van der Waals surface area contributed by atoms with E-state index in [1.807, 2.05) is 36.4 Å². The maximum absolute atomic E-state index is 12.8. The molecule has 3 rings (SSSR count). The lowest BCUT2D eigenvalue weighted by atomic mass is 10.3. The van der Waals surface area contributed by atoms with E-state index in [0.717, 1.165) is 11.4 Å². The first-order valence-electron chi connectivity index (χ1n) is 8.10. The summed E-state index contributed by atoms with van der Waals surface area (Å²) in [7, 11) is 1.78. The quantitative estimate of drug-likeness (QED) is 0.724. The Kier molecular flexibility index (Phi) is 5.14. The van der Waals surface area contributed by atoms with Crippen molar-refractivity contribution in [3.63, 3.8) is 0 Å². The smallest absolute Gasteiger partial charge is 0.295 e. The summed E-state index contributed by atoms with van der Waals surface area (Å²) in [6.07, 6.45) is 0. The van der Waals surface area contributed by atoms with Gasteiger partial charge in [0.2, 0.25) is 5.91 Å². The van der Waals surface area contributed by atoms with Crippen LogP contribution in [0.2, 0.25) is 5.02 Å². The maximum Gasteiger partial charge on any atom is 0.295 e. The number of rotatable bonds is 5. The highest BCUT2D eigenvalue weighted by Crippen LogP contribution is 2.16. The first-order chi connectivity index (χ1) is 12.5. The van der Waals surface area contributed by atoms with Gasteiger partial charge in [0.1, 0.15) is 5.69 Å². The number of benzene rings is 2. The van der Waals surface area contributed by atoms with Crippen molar-refractivity contribution < 1.29 is 4.79 Å². The number of amides is 1. The summed E-state index contributed by atoms with van der Waals surface area (Å²) in [6.45, 7) is 1.82. The van der Waals surface area contributed by atoms with Crippen LogP contribution in [0.5, 0.6) is 0 Å². The molecule has 0 atom stereocenters. The molecule has 6 nitrogen and oxygen atoms in total. The zero-order valence-corrected chi connectivity index (χ0v) is 15.2. The Morgan fingerprint density at radius 1 is 1.12 bits per heavy atom. The van der Waals surface area contributed by atoms with Crippen LogP contribution < -0.4 is 16.2 Å². The van der Waals surface area contributed by atoms with Gasteiger partial charge in [-0.3, -0.25) is 14.3 Å². The van der Waals surface area contributed by atoms with Crippen LogP contribution in [0.25, 0.3) is 5.69 Å². The average Bonchev–Trinajstić information content (AvgIpc) is 2.84. The molecule has 0 bridgehead atoms. The number of para-hydroxylation sites is 1. The number of nitrogens with one attached hydrogen (secondary N) is 2. The molecule has 134 valence electrons. The van der Waals surface area contributed by atoms with Gasteiger partial charge in [0.05, 0.1) is 17.9 Å². The molecule has 3 aromatic rings. The van der Waals surface area contributed by atoms with Crippen LogP contribution in [0.4, 0.5) is 11.4 Å². The van der Waals surface area contributed by atoms with Crippen molar-refractivity contribution in [2.24, 2.45) is 7.05 Å². The van der Waals surface area contributed by atoms with Gasteiger partial charge in [0.25, 0.3) is 5.56 Å². The highest BCUT2D eigenvalue weighted by atomic mass is 35.5. The molecule has 2 aromatic carbocycles. The van der Waals surface area contributed by atoms with E-state index in [4.69, 9.17) is 11.6 Å². The minimum Gasteiger partial charge on any atom is -0.376 e. The number of halogens is 1. The van der Waals surface area contributed by atoms with Gasteiger partial charge in [-0.15, -0.1) is 0 Å². The Morgan fingerprint density at radius 2 is 1.85 bits per heavy atom. The van der Waals surface area contributed by atoms with Crippen molar-refractivity contribution in [1.82, 2.24) is 9.36 Å². The highest BCUT2D eigenvalue weighted by Gasteiger charge is 2.17. The van der Waals surface area contributed by atoms with Gasteiger partial charge in [-0.1, -0.05) is 35.9 Å². The largest absolute Gasteiger partial charge is 0.376 e. The van der Waals surface area contributed by atoms with Gasteiger partial charge in [0.15, 0.2) is 0 Å². The fourth-order valence-corrected chi connectivity index (χ4v) is 2.87. The van der Waals surface area contributed by atoms with Crippen molar-refractivity contribution in [3.8, 4) is 5.69 Å². The number of hydrogen-bond acceptors (Lipinski definition) is 3. The first-order valence-corrected chi connectivity index (χ1v) is 8.48. The molecule has 26 heavy (non-hydrogen) atoms. The fraction of sp³-hybridized carbons (Fsp3) is 0.158. The lowest BCUT2D eigenvalue weighted by Crippen LogP contribution is -2.26. The average molecular weight is 371 g/mol. The summed E-state index contributed by atoms with van der Waals surface area (Å²) in [5.41, 5.74) is 2.15. The molecule has 1 aromatic heterocycles. The minimum absolute atomic E-state index is 0.0272. The number of aromatic nitrogens is 2. The van der Waals surface area contributed by atoms with Gasteiger partial charge >= 0.3 is 0 Å². The Morgan fingerprint density at radius 3 is 2.54 bits per heavy atom. The molecular formula is C19H19ClN4O2. The zero-order chi connectivity index (χ0) is 18.7. The molecule has 0 aliphatic rings. The summed E-state index contributed by atoms with van der Waals surface area (Å²) < 4.78 is 3.24. The number of nitrogens with zero attached hydrogens (tertiary/aromatic N) is 2. The SMILES string of the molecule is Cc1c(NC(=O)CNc2cccc(Cl)c2)c(=O)n(-c2ccccc2)n1C. The van der Waals surface area contributed by atoms with Gasteiger partial charge in [-0.05, 0) is 37.3 Å². The van der Waals surface area contributed by atoms with Crippen molar-refractivity contribution in [1.29, 1.82) is 0 Å². The second kappa shape index (κ2) is 7.49. The number of anilines is 2. The molecule has 0 aliphatic heterocycles. The van der Waals surface area contributed by atoms with Crippen LogP contribution in [0.3, 0.4) is 0 Å². The molecule has 0 saturated heterocycles. The van der Waals surface area contributed by atoms with E-state index in [0.29, 0.717) is 10.7 Å². The van der Waals surface area contributed by atoms with E-state index in [2.05, 4.69) is 10.6 Å². The predicted molar refractivity (Wildman–Crippen MR) is 104 cm³/mol. The van der Waals surface area contributed by atoms with Crippen LogP contribution in [-0.4, -0.2) is 21.8 Å². The van der Waals surface area contributed by atoms with Gasteiger partial charge in [0, 0.05) is 17.8 Å². The topological polar surface area (TPSA) is 68.1 Å². The van der Waals surface area contributed by atoms with Crippen LogP contribution in [0, 0.1) is 6.92 Å². The minimum atomic E-state index is -0.309. The molecule has 0 aliphatic carbocycles. The molecule has 1 amide bonds. The van der Waals surface area contributed by atoms with Crippen LogP contribution in [0.1, 0.15) is 5.69 Å². The summed E-state index contributed by atoms with van der Waals surface area (Å²) in [4.78, 5) is 25.0. The van der Waals surface area contributed by atoms with Crippen molar-refractivity contribution in [2.45, 2.75) is 6.92 Å². The Labute approximate surface area is 156 Å². The van der Waals surface area contributed by atoms with E-state index in [-0.39, 0.29) is 23.7 Å². The van der Waals surface area contributed by atoms with Crippen LogP contribution in [0.15, 0.2) is 59.4 Å². The van der Waals surface area contributed by atoms with Crippen LogP contribution in [-0.2, 0) is 11.8 Å². The van der Waals surface area contributed by atoms with Gasteiger partial charge < -0.3 is 10.6 Å². The number of carbonyl (C=O) groups is 1. The first kappa shape index (κ1) is 17.8. The van der Waals surface area contributed by atoms with Gasteiger partial charge in [-0.2, -0.15) is 0 Å². The van der Waals surface area contributed by atoms with E-state index >= 15 is 0 Å². The lowest BCUT2D eigenvalue weighted by Gasteiger charge is -2.07. The maximum atomic E-state index is 12.8. The lowest BCUT2D eigenvalue weighted by molar-refractivity contribution is -0.114. The molecule has 1 heterocycles. The molecule has 2 N–H and O–H groups in total. The third kappa shape index (κ3) is 3.65. The third-order valence-electron chi connectivity index (χ3n) is 4.10. The van der Waals surface area contributed by atoms with Crippen molar-refractivity contribution in [2.75, 3.05) is 17.2 Å². The van der Waals surface area contributed by atoms with Gasteiger partial charge in [-0.25, -0.2) is 4.68 Å². The summed E-state index contributed by atoms with van der Waals surface area (Å²) >= 11 is 5.92. The molecule has 0 fully saturated rings. The highest BCUT2D eigenvalue weighted by molar-refractivity contribution is 6.30. The van der Waals surface area contributed by atoms with Crippen LogP contribution >= 0.6 is 11.6 Å². The van der Waals surface area contributed by atoms with Crippen molar-refractivity contribution in [3.05, 3.63) is 75.7 Å². The van der Waals surface area contributed by atoms with E-state index in [1.165, 1.54) is 4.68 Å². The summed E-state index contributed by atoms with van der Waals surface area (Å²) in [5.74, 6) is -0.309. The standard InChI is InChI=1S/C19H19ClN4O2/c1-13-18(19(26)24(23(13)2)16-9-4-3-5-10-16)22-17(25)12-21-15-8-6-7-14(20)11-15/h3-11,21H,12H2,1-2H3,(H,22,25). The fourth-order valence-electron chi connectivity index (χ4n) is 2.68. The zero-order valence-electron chi connectivity index (χ0n) is 14.5. The Hall–Kier alpha value is -2.99. The summed E-state index contributed by atoms with van der Waals surface area (Å²) in [6, 6.07) is 16.4. The number of hydrogen-bond donors (Lipinski definition) is 2. The molecule has 0 radical (unpaired) electrons. The molecule has 0 spiro atoms. The normalized spacial score (nSPS) is 10.6.